The van der Waals surface area contributed by atoms with E-state index in [2.05, 4.69) is 15.2 Å². The molecule has 0 aliphatic carbocycles. The van der Waals surface area contributed by atoms with Crippen LogP contribution < -0.4 is 10.1 Å². The minimum Gasteiger partial charge on any atom is -0.467 e. The molecule has 0 amide bonds. The van der Waals surface area contributed by atoms with E-state index in [1.54, 1.807) is 13.1 Å². The van der Waals surface area contributed by atoms with Gasteiger partial charge in [0.15, 0.2) is 12.8 Å². The first kappa shape index (κ1) is 22.3. The summed E-state index contributed by atoms with van der Waals surface area (Å²) in [6, 6.07) is 3.03. The molecule has 1 aromatic rings. The predicted octanol–water partition coefficient (Wildman–Crippen LogP) is 2.86. The Balaban J connectivity index is 1.21. The van der Waals surface area contributed by atoms with Crippen molar-refractivity contribution in [3.63, 3.8) is 0 Å². The molecule has 0 radical (unpaired) electrons. The van der Waals surface area contributed by atoms with Crippen LogP contribution in [0.5, 0.6) is 5.75 Å². The summed E-state index contributed by atoms with van der Waals surface area (Å²) in [5, 5.41) is 3.42. The standard InChI is InChI=1S/C23H34FN3O4/c1-25-23(26-8-5-17-12-19(24)13-18-14-28-16-31-22(17)18)27-9-6-20(7-10-27)30-15-21-4-2-3-11-29-21/h12-13,20-21H,2-11,14-16H2,1H3,(H,25,26). The van der Waals surface area contributed by atoms with Crippen molar-refractivity contribution in [2.45, 2.75) is 57.3 Å². The highest BCUT2D eigenvalue weighted by atomic mass is 19.1. The maximum atomic E-state index is 13.9. The largest absolute Gasteiger partial charge is 0.467 e. The summed E-state index contributed by atoms with van der Waals surface area (Å²) in [5.41, 5.74) is 1.63. The summed E-state index contributed by atoms with van der Waals surface area (Å²) < 4.78 is 36.7. The molecule has 4 rings (SSSR count). The van der Waals surface area contributed by atoms with Gasteiger partial charge in [0.2, 0.25) is 0 Å². The number of halogens is 1. The summed E-state index contributed by atoms with van der Waals surface area (Å²) >= 11 is 0. The Morgan fingerprint density at radius 2 is 2.13 bits per heavy atom. The number of guanidine groups is 1. The molecule has 0 saturated carbocycles. The maximum absolute atomic E-state index is 13.9. The Morgan fingerprint density at radius 3 is 2.90 bits per heavy atom. The minimum atomic E-state index is -0.257. The van der Waals surface area contributed by atoms with Gasteiger partial charge in [0.1, 0.15) is 11.6 Å². The molecule has 0 spiro atoms. The molecule has 1 aromatic carbocycles. The molecular formula is C23H34FN3O4. The van der Waals surface area contributed by atoms with Crippen LogP contribution in [0.1, 0.15) is 43.2 Å². The fraction of sp³-hybridized carbons (Fsp3) is 0.696. The number of likely N-dealkylation sites (tertiary alicyclic amines) is 1. The van der Waals surface area contributed by atoms with Crippen LogP contribution in [0, 0.1) is 5.82 Å². The van der Waals surface area contributed by atoms with Crippen molar-refractivity contribution in [3.8, 4) is 5.75 Å². The zero-order chi connectivity index (χ0) is 21.5. The number of hydrogen-bond acceptors (Lipinski definition) is 5. The molecule has 3 heterocycles. The molecule has 3 aliphatic heterocycles. The van der Waals surface area contributed by atoms with E-state index in [-0.39, 0.29) is 24.8 Å². The molecule has 172 valence electrons. The van der Waals surface area contributed by atoms with Crippen molar-refractivity contribution in [3.05, 3.63) is 29.1 Å². The molecule has 0 aromatic heterocycles. The van der Waals surface area contributed by atoms with Gasteiger partial charge in [0.05, 0.1) is 25.4 Å². The number of rotatable bonds is 6. The second kappa shape index (κ2) is 11.1. The Labute approximate surface area is 183 Å². The van der Waals surface area contributed by atoms with Crippen molar-refractivity contribution < 1.29 is 23.3 Å². The zero-order valence-corrected chi connectivity index (χ0v) is 18.4. The lowest BCUT2D eigenvalue weighted by molar-refractivity contribution is -0.0721. The van der Waals surface area contributed by atoms with Gasteiger partial charge in [0.25, 0.3) is 0 Å². The summed E-state index contributed by atoms with van der Waals surface area (Å²) in [4.78, 5) is 6.70. The first-order valence-corrected chi connectivity index (χ1v) is 11.4. The van der Waals surface area contributed by atoms with E-state index in [1.165, 1.54) is 18.9 Å². The van der Waals surface area contributed by atoms with Crippen molar-refractivity contribution in [2.75, 3.05) is 46.7 Å². The molecular weight excluding hydrogens is 401 g/mol. The highest BCUT2D eigenvalue weighted by molar-refractivity contribution is 5.80. The number of ether oxygens (including phenoxy) is 4. The van der Waals surface area contributed by atoms with Crippen molar-refractivity contribution in [1.29, 1.82) is 0 Å². The zero-order valence-electron chi connectivity index (χ0n) is 18.4. The summed E-state index contributed by atoms with van der Waals surface area (Å²) in [5.74, 6) is 1.38. The Morgan fingerprint density at radius 1 is 1.26 bits per heavy atom. The Kier molecular flexibility index (Phi) is 7.99. The topological polar surface area (TPSA) is 64.6 Å². The number of nitrogens with one attached hydrogen (secondary N) is 1. The van der Waals surface area contributed by atoms with Crippen LogP contribution in [0.4, 0.5) is 4.39 Å². The Hall–Kier alpha value is -1.90. The SMILES string of the molecule is CN=C(NCCc1cc(F)cc2c1OCOC2)N1CCC(OCC2CCCCO2)CC1. The van der Waals surface area contributed by atoms with Crippen LogP contribution in [-0.4, -0.2) is 69.8 Å². The number of piperidine rings is 1. The van der Waals surface area contributed by atoms with Crippen LogP contribution in [0.15, 0.2) is 17.1 Å². The van der Waals surface area contributed by atoms with E-state index in [0.717, 1.165) is 61.8 Å². The summed E-state index contributed by atoms with van der Waals surface area (Å²) in [6.45, 7) is 4.65. The normalized spacial score (nSPS) is 22.7. The molecule has 1 N–H and O–H groups in total. The van der Waals surface area contributed by atoms with Crippen LogP contribution in [0.25, 0.3) is 0 Å². The van der Waals surface area contributed by atoms with Gasteiger partial charge in [-0.1, -0.05) is 0 Å². The molecule has 31 heavy (non-hydrogen) atoms. The second-order valence-corrected chi connectivity index (χ2v) is 8.40. The number of fused-ring (bicyclic) bond motifs is 1. The monoisotopic (exact) mass is 435 g/mol. The third-order valence-corrected chi connectivity index (χ3v) is 6.17. The van der Waals surface area contributed by atoms with E-state index in [0.29, 0.717) is 26.2 Å². The summed E-state index contributed by atoms with van der Waals surface area (Å²) in [7, 11) is 1.80. The minimum absolute atomic E-state index is 0.213. The molecule has 2 saturated heterocycles. The molecule has 3 aliphatic rings. The van der Waals surface area contributed by atoms with E-state index in [4.69, 9.17) is 18.9 Å². The van der Waals surface area contributed by atoms with E-state index >= 15 is 0 Å². The van der Waals surface area contributed by atoms with Crippen LogP contribution in [0.2, 0.25) is 0 Å². The maximum Gasteiger partial charge on any atom is 0.193 e. The molecule has 2 fully saturated rings. The molecule has 1 unspecified atom stereocenters. The van der Waals surface area contributed by atoms with Crippen LogP contribution in [0.3, 0.4) is 0 Å². The van der Waals surface area contributed by atoms with Gasteiger partial charge < -0.3 is 29.2 Å². The number of benzene rings is 1. The van der Waals surface area contributed by atoms with Crippen LogP contribution in [-0.2, 0) is 27.2 Å². The average Bonchev–Trinajstić information content (AvgIpc) is 2.81. The van der Waals surface area contributed by atoms with E-state index < -0.39 is 0 Å². The number of hydrogen-bond donors (Lipinski definition) is 1. The highest BCUT2D eigenvalue weighted by Crippen LogP contribution is 2.29. The first-order valence-electron chi connectivity index (χ1n) is 11.4. The van der Waals surface area contributed by atoms with Crippen molar-refractivity contribution in [2.24, 2.45) is 4.99 Å². The third kappa shape index (κ3) is 6.08. The van der Waals surface area contributed by atoms with Crippen molar-refractivity contribution >= 4 is 5.96 Å². The van der Waals surface area contributed by atoms with Gasteiger partial charge in [-0.2, -0.15) is 0 Å². The average molecular weight is 436 g/mol. The quantitative estimate of drug-likeness (QED) is 0.548. The van der Waals surface area contributed by atoms with Gasteiger partial charge in [-0.3, -0.25) is 4.99 Å². The van der Waals surface area contributed by atoms with E-state index in [1.807, 2.05) is 0 Å². The Bertz CT molecular complexity index is 747. The van der Waals surface area contributed by atoms with E-state index in [9.17, 15) is 4.39 Å². The fourth-order valence-corrected chi connectivity index (χ4v) is 4.50. The smallest absolute Gasteiger partial charge is 0.193 e. The predicted molar refractivity (Wildman–Crippen MR) is 116 cm³/mol. The third-order valence-electron chi connectivity index (χ3n) is 6.17. The summed E-state index contributed by atoms with van der Waals surface area (Å²) in [6.07, 6.45) is 6.71. The number of nitrogens with zero attached hydrogens (tertiary/aromatic N) is 2. The van der Waals surface area contributed by atoms with Gasteiger partial charge in [-0.25, -0.2) is 4.39 Å². The molecule has 8 heteroatoms. The van der Waals surface area contributed by atoms with Gasteiger partial charge in [-0.15, -0.1) is 0 Å². The van der Waals surface area contributed by atoms with Crippen LogP contribution >= 0.6 is 0 Å². The fourth-order valence-electron chi connectivity index (χ4n) is 4.50. The molecule has 0 bridgehead atoms. The second-order valence-electron chi connectivity index (χ2n) is 8.40. The lowest BCUT2D eigenvalue weighted by Gasteiger charge is -2.35. The van der Waals surface area contributed by atoms with Gasteiger partial charge in [0, 0.05) is 38.9 Å². The van der Waals surface area contributed by atoms with Gasteiger partial charge >= 0.3 is 0 Å². The molecule has 1 atom stereocenters. The van der Waals surface area contributed by atoms with Crippen molar-refractivity contribution in [1.82, 2.24) is 10.2 Å². The first-order chi connectivity index (χ1) is 15.2. The number of aliphatic imine (C=N–C) groups is 1. The lowest BCUT2D eigenvalue weighted by Crippen LogP contribution is -2.47. The lowest BCUT2D eigenvalue weighted by atomic mass is 10.1. The molecule has 7 nitrogen and oxygen atoms in total. The van der Waals surface area contributed by atoms with Gasteiger partial charge in [-0.05, 0) is 56.2 Å². The highest BCUT2D eigenvalue weighted by Gasteiger charge is 2.24.